The Morgan fingerprint density at radius 2 is 1.75 bits per heavy atom. The summed E-state index contributed by atoms with van der Waals surface area (Å²) in [7, 11) is 5.85. The molecule has 0 amide bonds. The van der Waals surface area contributed by atoms with Gasteiger partial charge in [-0.25, -0.2) is 4.79 Å². The molecule has 3 aliphatic carbocycles. The molecule has 10 unspecified atom stereocenters. The van der Waals surface area contributed by atoms with E-state index in [0.717, 1.165) is 55.8 Å². The van der Waals surface area contributed by atoms with E-state index in [9.17, 15) is 9.90 Å². The van der Waals surface area contributed by atoms with Gasteiger partial charge in [-0.3, -0.25) is 4.90 Å². The van der Waals surface area contributed by atoms with Crippen LogP contribution in [0.15, 0.2) is 59.0 Å². The van der Waals surface area contributed by atoms with E-state index in [0.29, 0.717) is 51.7 Å². The highest BCUT2D eigenvalue weighted by Crippen LogP contribution is 2.71. The number of cyclic esters (lactones) is 1. The average molecular weight is 802 g/mol. The maximum absolute atomic E-state index is 13.1. The number of aryl methyl sites for hydroxylation is 1. The fourth-order valence-electron chi connectivity index (χ4n) is 14.2. The summed E-state index contributed by atoms with van der Waals surface area (Å²) < 4.78 is 18.5. The average Bonchev–Trinajstić information content (AvgIpc) is 4.00. The minimum Gasteiger partial charge on any atom is -0.492 e. The predicted octanol–water partition coefficient (Wildman–Crippen LogP) is 10.9. The molecule has 10 atom stereocenters. The van der Waals surface area contributed by atoms with E-state index in [2.05, 4.69) is 70.7 Å². The number of methoxy groups -OCH3 is 1. The zero-order valence-corrected chi connectivity index (χ0v) is 36.2. The van der Waals surface area contributed by atoms with Crippen molar-refractivity contribution in [2.75, 3.05) is 18.6 Å². The van der Waals surface area contributed by atoms with Crippen LogP contribution in [0.2, 0.25) is 0 Å². The number of carbonyl (C=O) groups is 1. The van der Waals surface area contributed by atoms with Crippen molar-refractivity contribution < 1.29 is 24.1 Å². The molecule has 0 bridgehead atoms. The summed E-state index contributed by atoms with van der Waals surface area (Å²) in [5, 5.41) is 13.1. The fourth-order valence-corrected chi connectivity index (χ4v) is 17.0. The number of esters is 1. The van der Waals surface area contributed by atoms with Gasteiger partial charge in [-0.15, -0.1) is 0 Å². The summed E-state index contributed by atoms with van der Waals surface area (Å²) >= 11 is 0. The highest BCUT2D eigenvalue weighted by Gasteiger charge is 2.63. The maximum Gasteiger partial charge on any atom is 0.343 e. The van der Waals surface area contributed by atoms with Crippen LogP contribution in [-0.4, -0.2) is 58.8 Å². The van der Waals surface area contributed by atoms with Crippen molar-refractivity contribution in [2.24, 2.45) is 40.4 Å². The highest BCUT2D eigenvalue weighted by molar-refractivity contribution is 8.76. The first-order valence-corrected chi connectivity index (χ1v) is 25.1. The van der Waals surface area contributed by atoms with Crippen LogP contribution in [0.3, 0.4) is 0 Å². The van der Waals surface area contributed by atoms with Crippen molar-refractivity contribution in [3.05, 3.63) is 70.1 Å². The Morgan fingerprint density at radius 1 is 0.964 bits per heavy atom. The van der Waals surface area contributed by atoms with Crippen LogP contribution in [0.1, 0.15) is 135 Å². The van der Waals surface area contributed by atoms with Gasteiger partial charge < -0.3 is 19.3 Å². The molecule has 8 heteroatoms. The molecule has 1 aromatic rings. The van der Waals surface area contributed by atoms with Crippen LogP contribution in [0.4, 0.5) is 0 Å². The molecule has 0 aromatic heterocycles. The van der Waals surface area contributed by atoms with E-state index < -0.39 is 0 Å². The number of hydrogen-bond donors (Lipinski definition) is 1. The maximum atomic E-state index is 13.1. The van der Waals surface area contributed by atoms with E-state index in [1.165, 1.54) is 93.9 Å². The smallest absolute Gasteiger partial charge is 0.343 e. The molecule has 8 aliphatic rings. The molecule has 5 heterocycles. The van der Waals surface area contributed by atoms with Crippen LogP contribution in [-0.2, 0) is 31.8 Å². The van der Waals surface area contributed by atoms with Gasteiger partial charge in [0.05, 0.1) is 18.8 Å². The lowest BCUT2D eigenvalue weighted by Crippen LogP contribution is -2.61. The summed E-state index contributed by atoms with van der Waals surface area (Å²) in [5.74, 6) is 6.54. The number of allylic oxidation sites excluding steroid dienone is 1. The van der Waals surface area contributed by atoms with Crippen LogP contribution < -0.4 is 0 Å². The lowest BCUT2D eigenvalue weighted by Gasteiger charge is -2.53. The Hall–Kier alpha value is -1.87. The highest BCUT2D eigenvalue weighted by atomic mass is 33.1. The number of hydrogen-bond acceptors (Lipinski definition) is 8. The molecular formula is C48H67NO5S2. The van der Waals surface area contributed by atoms with Gasteiger partial charge in [-0.05, 0) is 136 Å². The summed E-state index contributed by atoms with van der Waals surface area (Å²) in [5.41, 5.74) is 4.35. The fraction of sp³-hybridized carbons (Fsp3) is 0.729. The number of benzene rings is 1. The number of piperidine rings is 1. The van der Waals surface area contributed by atoms with Crippen LogP contribution in [0.25, 0.3) is 0 Å². The Balaban J connectivity index is 1.08. The Kier molecular flexibility index (Phi) is 11.5. The summed E-state index contributed by atoms with van der Waals surface area (Å²) in [6, 6.07) is 10.1. The van der Waals surface area contributed by atoms with Crippen molar-refractivity contribution >= 4 is 27.6 Å². The van der Waals surface area contributed by atoms with Gasteiger partial charge in [0.25, 0.3) is 0 Å². The first-order valence-electron chi connectivity index (χ1n) is 22.6. The number of unbranched alkanes of at least 4 members (excludes halogenated alkanes) is 2. The Labute approximate surface area is 344 Å². The molecule has 306 valence electrons. The lowest BCUT2D eigenvalue weighted by atomic mass is 9.57. The van der Waals surface area contributed by atoms with Crippen molar-refractivity contribution in [1.29, 1.82) is 0 Å². The summed E-state index contributed by atoms with van der Waals surface area (Å²) in [4.78, 5) is 15.7. The molecule has 1 aromatic carbocycles. The molecule has 6 fully saturated rings. The second-order valence-electron chi connectivity index (χ2n) is 19.3. The predicted molar refractivity (Wildman–Crippen MR) is 228 cm³/mol. The van der Waals surface area contributed by atoms with Crippen molar-refractivity contribution in [3.8, 4) is 0 Å². The van der Waals surface area contributed by atoms with Gasteiger partial charge in [-0.1, -0.05) is 91.8 Å². The van der Waals surface area contributed by atoms with E-state index in [1.54, 1.807) is 14.0 Å². The molecule has 5 aliphatic heterocycles. The van der Waals surface area contributed by atoms with Gasteiger partial charge in [0.2, 0.25) is 5.76 Å². The Bertz CT molecular complexity index is 1730. The second kappa shape index (κ2) is 16.3. The molecule has 1 N–H and O–H groups in total. The molecule has 2 spiro atoms. The standard InChI is InChI=1S/C48H67NO5S2/c1-5-6-7-12-32-13-10-14-33(23-32)24-34-25-38-40(50)27-37-35(17-22-48(37)21-11-20-47(48)18-8-9-19-47)28-55-56-29-36-15-16-41-42(39(26-34)49(36)38)30(2)44(53-41)45-43(52-4)31(3)46(51)54-45/h10,13-14,16,23,30,34-40,42,50H,5-9,11-12,15,17-22,24-29H2,1-4H3. The molecule has 6 nitrogen and oxygen atoms in total. The number of carbonyl (C=O) groups excluding carboxylic acids is 1. The minimum atomic E-state index is -0.356. The van der Waals surface area contributed by atoms with Crippen LogP contribution >= 0.6 is 21.6 Å². The molecule has 9 rings (SSSR count). The third kappa shape index (κ3) is 6.84. The zero-order valence-electron chi connectivity index (χ0n) is 34.6. The molecule has 3 saturated carbocycles. The van der Waals surface area contributed by atoms with E-state index >= 15 is 0 Å². The lowest BCUT2D eigenvalue weighted by molar-refractivity contribution is -0.133. The SMILES string of the molecule is CCCCCc1cccc(CC2CC3C(O)CC4C(CCC45CCCC54CCCC4)CSSCC4CC=C5OC(=C6OC(=O)C(C)=C6OC)C(C)C5C(C2)N43)c1. The summed E-state index contributed by atoms with van der Waals surface area (Å²) in [6.45, 7) is 6.32. The van der Waals surface area contributed by atoms with Gasteiger partial charge in [0.15, 0.2) is 11.5 Å². The Morgan fingerprint density at radius 3 is 2.57 bits per heavy atom. The number of nitrogens with zero attached hydrogens (tertiary/aromatic N) is 1. The molecular weight excluding hydrogens is 735 g/mol. The largest absolute Gasteiger partial charge is 0.492 e. The molecule has 56 heavy (non-hydrogen) atoms. The van der Waals surface area contributed by atoms with Gasteiger partial charge in [-0.2, -0.15) is 0 Å². The quantitative estimate of drug-likeness (QED) is 0.166. The van der Waals surface area contributed by atoms with Gasteiger partial charge in [0, 0.05) is 41.5 Å². The van der Waals surface area contributed by atoms with Gasteiger partial charge in [0.1, 0.15) is 5.76 Å². The van der Waals surface area contributed by atoms with E-state index in [4.69, 9.17) is 14.2 Å². The number of fused-ring (bicyclic) bond motifs is 5. The van der Waals surface area contributed by atoms with Crippen LogP contribution in [0.5, 0.6) is 0 Å². The number of ether oxygens (including phenoxy) is 3. The third-order valence-electron chi connectivity index (χ3n) is 16.6. The molecule has 3 saturated heterocycles. The topological polar surface area (TPSA) is 68.2 Å². The second-order valence-corrected chi connectivity index (χ2v) is 21.9. The molecule has 0 radical (unpaired) electrons. The van der Waals surface area contributed by atoms with Crippen molar-refractivity contribution in [3.63, 3.8) is 0 Å². The number of rotatable bonds is 7. The monoisotopic (exact) mass is 801 g/mol. The normalized spacial score (nSPS) is 39.5. The number of aliphatic hydroxyl groups excluding tert-OH is 1. The number of aliphatic hydroxyl groups is 1. The first-order chi connectivity index (χ1) is 27.3. The van der Waals surface area contributed by atoms with E-state index in [1.807, 2.05) is 0 Å². The van der Waals surface area contributed by atoms with Crippen molar-refractivity contribution in [1.82, 2.24) is 4.90 Å². The third-order valence-corrected chi connectivity index (χ3v) is 19.2. The van der Waals surface area contributed by atoms with Crippen LogP contribution in [0, 0.1) is 40.4 Å². The first kappa shape index (κ1) is 39.6. The van der Waals surface area contributed by atoms with E-state index in [-0.39, 0.29) is 36.0 Å². The van der Waals surface area contributed by atoms with Gasteiger partial charge >= 0.3 is 5.97 Å². The summed E-state index contributed by atoms with van der Waals surface area (Å²) in [6.07, 6.45) is 24.6. The zero-order chi connectivity index (χ0) is 38.6. The van der Waals surface area contributed by atoms with Crippen molar-refractivity contribution in [2.45, 2.75) is 161 Å². The minimum absolute atomic E-state index is 0.00527.